The van der Waals surface area contributed by atoms with Crippen LogP contribution in [0.15, 0.2) is 95.2 Å². The van der Waals surface area contributed by atoms with Crippen LogP contribution in [-0.4, -0.2) is 32.4 Å². The van der Waals surface area contributed by atoms with Crippen LogP contribution in [-0.2, 0) is 0 Å². The average molecular weight is 484 g/mol. The molecule has 0 aliphatic heterocycles. The molecule has 0 spiro atoms. The van der Waals surface area contributed by atoms with Gasteiger partial charge in [0.15, 0.2) is 0 Å². The molecule has 4 aromatic rings. The summed E-state index contributed by atoms with van der Waals surface area (Å²) >= 11 is 0. The van der Waals surface area contributed by atoms with Crippen LogP contribution in [0.3, 0.4) is 0 Å². The number of aromatic carboxylic acids is 2. The van der Waals surface area contributed by atoms with E-state index in [1.165, 1.54) is 30.3 Å². The SMILES string of the molecule is O=C(O)c1cc(N=Nc2ccc(-c3ccc(NNc4ccc(O)c(C(=O)O)c4)cc3)cc2)ccc1O. The topological polar surface area (TPSA) is 164 Å². The van der Waals surface area contributed by atoms with E-state index in [2.05, 4.69) is 21.1 Å². The van der Waals surface area contributed by atoms with Gasteiger partial charge in [-0.1, -0.05) is 24.3 Å². The lowest BCUT2D eigenvalue weighted by Crippen LogP contribution is -2.09. The fourth-order valence-corrected chi connectivity index (χ4v) is 3.27. The summed E-state index contributed by atoms with van der Waals surface area (Å²) in [7, 11) is 0. The zero-order valence-electron chi connectivity index (χ0n) is 18.6. The third-order valence-corrected chi connectivity index (χ3v) is 5.16. The summed E-state index contributed by atoms with van der Waals surface area (Å²) in [5, 5.41) is 45.5. The molecule has 0 aromatic heterocycles. The summed E-state index contributed by atoms with van der Waals surface area (Å²) in [6.07, 6.45) is 0. The van der Waals surface area contributed by atoms with E-state index in [1.54, 1.807) is 18.2 Å². The Morgan fingerprint density at radius 2 is 1.00 bits per heavy atom. The molecule has 0 aliphatic carbocycles. The second-order valence-electron chi connectivity index (χ2n) is 7.62. The Morgan fingerprint density at radius 3 is 1.61 bits per heavy atom. The van der Waals surface area contributed by atoms with Gasteiger partial charge < -0.3 is 31.3 Å². The number of nitrogens with zero attached hydrogens (tertiary/aromatic N) is 2. The number of carbonyl (C=O) groups is 2. The molecule has 0 amide bonds. The van der Waals surface area contributed by atoms with E-state index in [9.17, 15) is 19.8 Å². The first kappa shape index (κ1) is 23.8. The number of hydrazine groups is 1. The number of anilines is 2. The number of rotatable bonds is 8. The minimum atomic E-state index is -1.25. The molecule has 180 valence electrons. The molecular formula is C26H20N4O6. The van der Waals surface area contributed by atoms with Crippen LogP contribution in [0.4, 0.5) is 22.7 Å². The number of carboxylic acids is 2. The number of phenols is 2. The predicted octanol–water partition coefficient (Wildman–Crippen LogP) is 6.02. The van der Waals surface area contributed by atoms with E-state index in [0.29, 0.717) is 17.1 Å². The first-order chi connectivity index (χ1) is 17.3. The normalized spacial score (nSPS) is 10.8. The van der Waals surface area contributed by atoms with Gasteiger partial charge in [-0.25, -0.2) is 9.59 Å². The van der Waals surface area contributed by atoms with Gasteiger partial charge in [0.2, 0.25) is 0 Å². The van der Waals surface area contributed by atoms with Crippen LogP contribution >= 0.6 is 0 Å². The van der Waals surface area contributed by atoms with Crippen molar-refractivity contribution in [2.75, 3.05) is 10.9 Å². The molecule has 10 heteroatoms. The smallest absolute Gasteiger partial charge is 0.339 e. The van der Waals surface area contributed by atoms with E-state index < -0.39 is 11.9 Å². The van der Waals surface area contributed by atoms with Gasteiger partial charge in [-0.15, -0.1) is 0 Å². The van der Waals surface area contributed by atoms with Gasteiger partial charge in [0.25, 0.3) is 0 Å². The standard InChI is InChI=1S/C26H20N4O6/c31-23-11-9-19(13-21(23)25(33)34)29-27-17-5-1-15(2-6-17)16-3-7-18(8-4-16)28-30-20-10-12-24(32)22(14-20)26(35)36/h1-14,27,29,31-32H,(H,33,34)(H,35,36). The lowest BCUT2D eigenvalue weighted by molar-refractivity contribution is 0.0682. The monoisotopic (exact) mass is 484 g/mol. The molecule has 36 heavy (non-hydrogen) atoms. The third kappa shape index (κ3) is 5.57. The molecule has 10 nitrogen and oxygen atoms in total. The fraction of sp³-hybridized carbons (Fsp3) is 0. The molecule has 0 fully saturated rings. The molecule has 0 radical (unpaired) electrons. The van der Waals surface area contributed by atoms with Gasteiger partial charge in [-0.05, 0) is 71.8 Å². The second kappa shape index (κ2) is 10.3. The Bertz CT molecular complexity index is 1450. The van der Waals surface area contributed by atoms with Crippen molar-refractivity contribution < 1.29 is 30.0 Å². The highest BCUT2D eigenvalue weighted by molar-refractivity contribution is 5.92. The van der Waals surface area contributed by atoms with Crippen LogP contribution < -0.4 is 10.9 Å². The fourth-order valence-electron chi connectivity index (χ4n) is 3.27. The van der Waals surface area contributed by atoms with Gasteiger partial charge >= 0.3 is 11.9 Å². The molecule has 0 saturated carbocycles. The number of azo groups is 1. The van der Waals surface area contributed by atoms with Crippen molar-refractivity contribution >= 4 is 34.7 Å². The second-order valence-corrected chi connectivity index (χ2v) is 7.62. The van der Waals surface area contributed by atoms with Crippen molar-refractivity contribution in [3.05, 3.63) is 96.1 Å². The number of hydrogen-bond acceptors (Lipinski definition) is 8. The summed E-state index contributed by atoms with van der Waals surface area (Å²) in [5.41, 5.74) is 9.41. The summed E-state index contributed by atoms with van der Waals surface area (Å²) in [4.78, 5) is 22.3. The van der Waals surface area contributed by atoms with Crippen molar-refractivity contribution in [1.29, 1.82) is 0 Å². The van der Waals surface area contributed by atoms with Crippen molar-refractivity contribution in [2.24, 2.45) is 10.2 Å². The average Bonchev–Trinajstić information content (AvgIpc) is 2.88. The van der Waals surface area contributed by atoms with Gasteiger partial charge in [-0.3, -0.25) is 0 Å². The molecule has 0 atom stereocenters. The Labute approximate surface area is 204 Å². The first-order valence-electron chi connectivity index (χ1n) is 10.6. The minimum absolute atomic E-state index is 0.201. The number of hydrogen-bond donors (Lipinski definition) is 6. The van der Waals surface area contributed by atoms with E-state index in [1.807, 2.05) is 36.4 Å². The quantitative estimate of drug-likeness (QED) is 0.100. The Balaban J connectivity index is 1.39. The van der Waals surface area contributed by atoms with Crippen molar-refractivity contribution in [3.8, 4) is 22.6 Å². The molecule has 6 N–H and O–H groups in total. The van der Waals surface area contributed by atoms with Gasteiger partial charge in [-0.2, -0.15) is 10.2 Å². The maximum Gasteiger partial charge on any atom is 0.339 e. The number of benzene rings is 4. The number of nitrogens with one attached hydrogen (secondary N) is 2. The summed E-state index contributed by atoms with van der Waals surface area (Å²) < 4.78 is 0. The third-order valence-electron chi connectivity index (χ3n) is 5.16. The van der Waals surface area contributed by atoms with Crippen LogP contribution in [0.5, 0.6) is 11.5 Å². The number of carboxylic acid groups (broad SMARTS) is 2. The number of aromatic hydroxyl groups is 2. The van der Waals surface area contributed by atoms with E-state index in [-0.39, 0.29) is 22.6 Å². The minimum Gasteiger partial charge on any atom is -0.507 e. The van der Waals surface area contributed by atoms with Crippen LogP contribution in [0.1, 0.15) is 20.7 Å². The summed E-state index contributed by atoms with van der Waals surface area (Å²) in [6, 6.07) is 22.9. The highest BCUT2D eigenvalue weighted by Gasteiger charge is 2.11. The van der Waals surface area contributed by atoms with Crippen LogP contribution in [0.25, 0.3) is 11.1 Å². The molecule has 0 bridgehead atoms. The Hall–Kier alpha value is -5.38. The van der Waals surface area contributed by atoms with Gasteiger partial charge in [0, 0.05) is 0 Å². The van der Waals surface area contributed by atoms with Gasteiger partial charge in [0.1, 0.15) is 22.6 Å². The van der Waals surface area contributed by atoms with E-state index >= 15 is 0 Å². The lowest BCUT2D eigenvalue weighted by atomic mass is 10.1. The lowest BCUT2D eigenvalue weighted by Gasteiger charge is -2.11. The molecule has 0 aliphatic rings. The summed E-state index contributed by atoms with van der Waals surface area (Å²) in [5.74, 6) is -3.12. The molecular weight excluding hydrogens is 464 g/mol. The van der Waals surface area contributed by atoms with Crippen molar-refractivity contribution in [2.45, 2.75) is 0 Å². The zero-order chi connectivity index (χ0) is 25.7. The van der Waals surface area contributed by atoms with Crippen molar-refractivity contribution in [1.82, 2.24) is 0 Å². The zero-order valence-corrected chi connectivity index (χ0v) is 18.6. The van der Waals surface area contributed by atoms with Crippen molar-refractivity contribution in [3.63, 3.8) is 0 Å². The summed E-state index contributed by atoms with van der Waals surface area (Å²) in [6.45, 7) is 0. The largest absolute Gasteiger partial charge is 0.507 e. The van der Waals surface area contributed by atoms with E-state index in [4.69, 9.17) is 10.2 Å². The highest BCUT2D eigenvalue weighted by atomic mass is 16.4. The molecule has 4 aromatic carbocycles. The Kier molecular flexibility index (Phi) is 6.78. The van der Waals surface area contributed by atoms with Crippen LogP contribution in [0.2, 0.25) is 0 Å². The molecule has 0 unspecified atom stereocenters. The maximum atomic E-state index is 11.1. The Morgan fingerprint density at radius 1 is 0.556 bits per heavy atom. The first-order valence-corrected chi connectivity index (χ1v) is 10.6. The van der Waals surface area contributed by atoms with Gasteiger partial charge in [0.05, 0.1) is 22.7 Å². The highest BCUT2D eigenvalue weighted by Crippen LogP contribution is 2.28. The molecule has 4 rings (SSSR count). The predicted molar refractivity (Wildman–Crippen MR) is 133 cm³/mol. The van der Waals surface area contributed by atoms with E-state index in [0.717, 1.165) is 16.8 Å². The van der Waals surface area contributed by atoms with Crippen LogP contribution in [0, 0.1) is 0 Å². The molecule has 0 heterocycles. The molecule has 0 saturated heterocycles. The maximum absolute atomic E-state index is 11.1.